The van der Waals surface area contributed by atoms with E-state index in [0.29, 0.717) is 36.7 Å². The number of hydrogen-bond acceptors (Lipinski definition) is 6. The Morgan fingerprint density at radius 2 is 2.07 bits per heavy atom. The Hall–Kier alpha value is -1.76. The van der Waals surface area contributed by atoms with E-state index in [1.54, 1.807) is 0 Å². The Morgan fingerprint density at radius 3 is 2.70 bits per heavy atom. The number of halogens is 3. The van der Waals surface area contributed by atoms with E-state index in [9.17, 15) is 13.8 Å². The number of amidine groups is 1. The molecule has 0 amide bonds. The molecule has 1 fully saturated rings. The minimum absolute atomic E-state index is 0.0500. The predicted molar refractivity (Wildman–Crippen MR) is 119 cm³/mol. The van der Waals surface area contributed by atoms with Crippen molar-refractivity contribution in [3.63, 3.8) is 0 Å². The second-order valence-corrected chi connectivity index (χ2v) is 11.2. The van der Waals surface area contributed by atoms with Crippen LogP contribution in [0, 0.1) is 5.82 Å². The molecule has 1 N–H and O–H groups in total. The van der Waals surface area contributed by atoms with Gasteiger partial charge in [0.1, 0.15) is 13.0 Å². The fourth-order valence-electron chi connectivity index (χ4n) is 2.79. The van der Waals surface area contributed by atoms with Crippen molar-refractivity contribution in [1.82, 2.24) is 5.06 Å². The van der Waals surface area contributed by atoms with E-state index >= 15 is 0 Å². The van der Waals surface area contributed by atoms with Gasteiger partial charge in [0.05, 0.1) is 29.1 Å². The Balaban J connectivity index is 2.30. The number of piperidine rings is 1. The predicted octanol–water partition coefficient (Wildman–Crippen LogP) is 6.33. The summed E-state index contributed by atoms with van der Waals surface area (Å²) in [5.41, 5.74) is 3.12. The number of anilines is 1. The number of hydrogen-bond donors (Lipinski definition) is 1. The monoisotopic (exact) mass is 479 g/mol. The topological polar surface area (TPSA) is 80.2 Å². The molecule has 0 radical (unpaired) electrons. The molecular formula is C19H25Cl2FN3O4P. The third-order valence-corrected chi connectivity index (χ3v) is 9.04. The number of carbonyl (C=O) groups is 1. The lowest BCUT2D eigenvalue weighted by Gasteiger charge is -2.27. The number of rotatable bonds is 7. The number of hydroxylamine groups is 2. The first kappa shape index (κ1) is 24.5. The Bertz CT molecular complexity index is 887. The lowest BCUT2D eigenvalue weighted by atomic mass is 10.1. The number of hydrazone groups is 1. The molecule has 1 saturated heterocycles. The van der Waals surface area contributed by atoms with Gasteiger partial charge in [-0.3, -0.25) is 5.43 Å². The number of methoxy groups -OCH3 is 1. The number of nitrogens with one attached hydrogen (secondary N) is 1. The lowest BCUT2D eigenvalue weighted by Crippen LogP contribution is -2.38. The molecular weight excluding hydrogens is 455 g/mol. The number of carbonyl (C=O) groups excluding carboxylic acids is 1. The largest absolute Gasteiger partial charge is 0.533 e. The maximum Gasteiger partial charge on any atom is 0.533 e. The summed E-state index contributed by atoms with van der Waals surface area (Å²) in [5, 5.41) is 5.63. The Kier molecular flexibility index (Phi) is 9.01. The van der Waals surface area contributed by atoms with Crippen molar-refractivity contribution < 1.29 is 23.3 Å². The normalized spacial score (nSPS) is 16.5. The van der Waals surface area contributed by atoms with Gasteiger partial charge in [-0.15, -0.1) is 0 Å². The van der Waals surface area contributed by atoms with E-state index in [1.165, 1.54) is 24.3 Å². The first-order chi connectivity index (χ1) is 14.2. The van der Waals surface area contributed by atoms with Crippen LogP contribution in [0.3, 0.4) is 0 Å². The van der Waals surface area contributed by atoms with Crippen molar-refractivity contribution in [2.24, 2.45) is 5.10 Å². The zero-order chi connectivity index (χ0) is 22.3. The van der Waals surface area contributed by atoms with Gasteiger partial charge in [-0.1, -0.05) is 37.0 Å². The summed E-state index contributed by atoms with van der Waals surface area (Å²) in [6.45, 7) is 4.07. The highest BCUT2D eigenvalue weighted by atomic mass is 35.5. The van der Waals surface area contributed by atoms with E-state index in [2.05, 4.69) is 15.3 Å². The van der Waals surface area contributed by atoms with Gasteiger partial charge in [0.25, 0.3) is 0 Å². The van der Waals surface area contributed by atoms with Crippen LogP contribution in [0.25, 0.3) is 6.08 Å². The zero-order valence-electron chi connectivity index (χ0n) is 17.1. The number of nitrogens with zero attached hydrogens (tertiary/aromatic N) is 2. The maximum absolute atomic E-state index is 14.4. The van der Waals surface area contributed by atoms with Gasteiger partial charge < -0.3 is 14.1 Å². The van der Waals surface area contributed by atoms with Crippen molar-refractivity contribution in [2.75, 3.05) is 31.4 Å². The van der Waals surface area contributed by atoms with Crippen LogP contribution in [0.5, 0.6) is 0 Å². The summed E-state index contributed by atoms with van der Waals surface area (Å²) in [6, 6.07) is 2.57. The molecule has 0 bridgehead atoms. The molecule has 11 heteroatoms. The minimum atomic E-state index is -2.69. The second-order valence-electron chi connectivity index (χ2n) is 6.59. The third kappa shape index (κ3) is 6.13. The quantitative estimate of drug-likeness (QED) is 0.279. The summed E-state index contributed by atoms with van der Waals surface area (Å²) in [4.78, 5) is 16.4. The molecule has 0 aliphatic carbocycles. The second kappa shape index (κ2) is 11.0. The molecule has 166 valence electrons. The average molecular weight is 480 g/mol. The SMILES string of the molecule is CCP(=O)(CC)C(Cl)=Cc1cc(NN=C2CCCCN2OC(=O)OC)c(F)cc1Cl. The molecule has 30 heavy (non-hydrogen) atoms. The lowest BCUT2D eigenvalue weighted by molar-refractivity contribution is -0.0760. The average Bonchev–Trinajstić information content (AvgIpc) is 2.74. The molecule has 1 aromatic rings. The fraction of sp³-hybridized carbons (Fsp3) is 0.474. The highest BCUT2D eigenvalue weighted by molar-refractivity contribution is 7.70. The smallest absolute Gasteiger partial charge is 0.436 e. The first-order valence-corrected chi connectivity index (χ1v) is 12.4. The highest BCUT2D eigenvalue weighted by Crippen LogP contribution is 2.56. The van der Waals surface area contributed by atoms with E-state index in [-0.39, 0.29) is 15.5 Å². The van der Waals surface area contributed by atoms with Crippen molar-refractivity contribution in [1.29, 1.82) is 0 Å². The molecule has 2 rings (SSSR count). The number of benzene rings is 1. The fourth-order valence-corrected chi connectivity index (χ4v) is 5.25. The van der Waals surface area contributed by atoms with Gasteiger partial charge in [0.2, 0.25) is 0 Å². The van der Waals surface area contributed by atoms with Crippen LogP contribution >= 0.6 is 30.3 Å². The van der Waals surface area contributed by atoms with Gasteiger partial charge in [-0.05, 0) is 36.6 Å². The van der Waals surface area contributed by atoms with Gasteiger partial charge in [0, 0.05) is 18.7 Å². The van der Waals surface area contributed by atoms with Crippen molar-refractivity contribution in [3.05, 3.63) is 33.3 Å². The van der Waals surface area contributed by atoms with Crippen molar-refractivity contribution >= 4 is 54.1 Å². The van der Waals surface area contributed by atoms with Crippen LogP contribution in [-0.2, 0) is 14.1 Å². The summed E-state index contributed by atoms with van der Waals surface area (Å²) in [6.07, 6.45) is 3.68. The summed E-state index contributed by atoms with van der Waals surface area (Å²) >= 11 is 12.4. The van der Waals surface area contributed by atoms with Gasteiger partial charge in [-0.2, -0.15) is 10.2 Å². The molecule has 0 saturated carbocycles. The van der Waals surface area contributed by atoms with E-state index in [1.807, 2.05) is 13.8 Å². The zero-order valence-corrected chi connectivity index (χ0v) is 19.5. The minimum Gasteiger partial charge on any atom is -0.436 e. The van der Waals surface area contributed by atoms with Crippen LogP contribution in [-0.4, -0.2) is 43.0 Å². The molecule has 0 atom stereocenters. The van der Waals surface area contributed by atoms with Crippen LogP contribution in [0.15, 0.2) is 22.0 Å². The van der Waals surface area contributed by atoms with Gasteiger partial charge in [-0.25, -0.2) is 9.18 Å². The maximum atomic E-state index is 14.4. The van der Waals surface area contributed by atoms with E-state index < -0.39 is 19.1 Å². The van der Waals surface area contributed by atoms with Crippen LogP contribution in [0.4, 0.5) is 14.9 Å². The van der Waals surface area contributed by atoms with Crippen LogP contribution < -0.4 is 5.43 Å². The van der Waals surface area contributed by atoms with Gasteiger partial charge in [0.15, 0.2) is 5.84 Å². The van der Waals surface area contributed by atoms with Crippen LogP contribution in [0.1, 0.15) is 38.7 Å². The summed E-state index contributed by atoms with van der Waals surface area (Å²) in [7, 11) is -1.48. The highest BCUT2D eigenvalue weighted by Gasteiger charge is 2.23. The standard InChI is InChI=1S/C19H25Cl2FN3O4P/c1-4-30(27,5-2)17(21)11-13-10-16(15(22)12-14(13)20)23-24-18-8-6-7-9-25(18)29-19(26)28-3/h10-12,23H,4-9H2,1-3H3. The molecule has 1 aromatic carbocycles. The molecule has 1 aliphatic rings. The molecule has 0 aromatic heterocycles. The molecule has 1 heterocycles. The molecule has 1 aliphatic heterocycles. The molecule has 7 nitrogen and oxygen atoms in total. The molecule has 0 unspecified atom stereocenters. The Morgan fingerprint density at radius 1 is 1.37 bits per heavy atom. The Labute approximate surface area is 185 Å². The van der Waals surface area contributed by atoms with Crippen LogP contribution in [0.2, 0.25) is 5.02 Å². The van der Waals surface area contributed by atoms with Crippen molar-refractivity contribution in [3.8, 4) is 0 Å². The van der Waals surface area contributed by atoms with Gasteiger partial charge >= 0.3 is 6.16 Å². The van der Waals surface area contributed by atoms with E-state index in [0.717, 1.165) is 18.9 Å². The molecule has 0 spiro atoms. The van der Waals surface area contributed by atoms with Crippen molar-refractivity contribution in [2.45, 2.75) is 33.1 Å². The third-order valence-electron chi connectivity index (χ3n) is 4.73. The number of ether oxygens (including phenoxy) is 1. The first-order valence-electron chi connectivity index (χ1n) is 9.55. The van der Waals surface area contributed by atoms with E-state index in [4.69, 9.17) is 28.0 Å². The summed E-state index contributed by atoms with van der Waals surface area (Å²) in [5.74, 6) is -0.194. The summed E-state index contributed by atoms with van der Waals surface area (Å²) < 4.78 is 31.9.